The van der Waals surface area contributed by atoms with Gasteiger partial charge in [-0.3, -0.25) is 14.2 Å². The molecule has 3 heterocycles. The monoisotopic (exact) mass is 597 g/mol. The molecule has 1 aromatic heterocycles. The minimum atomic E-state index is -0.890. The molecule has 0 saturated heterocycles. The summed E-state index contributed by atoms with van der Waals surface area (Å²) in [6, 6.07) is 9.88. The Morgan fingerprint density at radius 2 is 1.82 bits per heavy atom. The maximum absolute atomic E-state index is 14.1. The lowest BCUT2D eigenvalue weighted by molar-refractivity contribution is -0.139. The van der Waals surface area contributed by atoms with E-state index < -0.39 is 17.6 Å². The Kier molecular flexibility index (Phi) is 6.74. The molecule has 2 aromatic carbocycles. The first kappa shape index (κ1) is 25.9. The highest BCUT2D eigenvalue weighted by molar-refractivity contribution is 9.10. The van der Waals surface area contributed by atoms with E-state index in [4.69, 9.17) is 14.2 Å². The number of allylic oxidation sites excluding steroid dienone is 1. The molecule has 0 N–H and O–H groups in total. The van der Waals surface area contributed by atoms with Crippen LogP contribution in [0.25, 0.3) is 5.57 Å². The van der Waals surface area contributed by atoms with Crippen molar-refractivity contribution in [3.63, 3.8) is 0 Å². The van der Waals surface area contributed by atoms with Crippen LogP contribution in [0.4, 0.5) is 5.69 Å². The summed E-state index contributed by atoms with van der Waals surface area (Å²) in [4.78, 5) is 47.2. The van der Waals surface area contributed by atoms with Gasteiger partial charge in [0.2, 0.25) is 0 Å². The van der Waals surface area contributed by atoms with Gasteiger partial charge in [-0.15, -0.1) is 0 Å². The third-order valence-corrected chi connectivity index (χ3v) is 8.31. The Morgan fingerprint density at radius 1 is 1.13 bits per heavy atom. The summed E-state index contributed by atoms with van der Waals surface area (Å²) in [6.07, 6.45) is 0. The number of esters is 1. The number of para-hydroxylation sites is 1. The van der Waals surface area contributed by atoms with E-state index in [0.717, 1.165) is 17.0 Å². The predicted molar refractivity (Wildman–Crippen MR) is 146 cm³/mol. The number of thiazole rings is 1. The summed E-state index contributed by atoms with van der Waals surface area (Å²) in [6.45, 7) is 3.57. The Hall–Kier alpha value is -3.70. The van der Waals surface area contributed by atoms with Crippen LogP contribution in [0.15, 0.2) is 61.9 Å². The summed E-state index contributed by atoms with van der Waals surface area (Å²) in [5, 5.41) is 0. The average molecular weight is 598 g/mol. The number of hydrogen-bond acceptors (Lipinski definition) is 8. The highest BCUT2D eigenvalue weighted by Gasteiger charge is 2.37. The summed E-state index contributed by atoms with van der Waals surface area (Å²) >= 11 is 4.71. The van der Waals surface area contributed by atoms with Gasteiger partial charge >= 0.3 is 5.97 Å². The number of nitrogens with zero attached hydrogens (tertiary/aromatic N) is 3. The van der Waals surface area contributed by atoms with Crippen molar-refractivity contribution in [3.05, 3.63) is 83.0 Å². The zero-order valence-corrected chi connectivity index (χ0v) is 23.7. The lowest BCUT2D eigenvalue weighted by Gasteiger charge is -2.26. The number of rotatable bonds is 5. The first-order valence-corrected chi connectivity index (χ1v) is 13.4. The third kappa shape index (κ3) is 3.88. The van der Waals surface area contributed by atoms with Gasteiger partial charge in [0.05, 0.1) is 49.4 Å². The van der Waals surface area contributed by atoms with Crippen molar-refractivity contribution in [1.82, 2.24) is 4.57 Å². The zero-order valence-electron chi connectivity index (χ0n) is 21.3. The number of halogens is 1. The van der Waals surface area contributed by atoms with E-state index in [1.807, 2.05) is 24.3 Å². The fourth-order valence-corrected chi connectivity index (χ4v) is 6.48. The van der Waals surface area contributed by atoms with Gasteiger partial charge in [-0.25, -0.2) is 9.79 Å². The van der Waals surface area contributed by atoms with Gasteiger partial charge in [0.15, 0.2) is 16.3 Å². The molecule has 11 heteroatoms. The number of hydrogen-bond donors (Lipinski definition) is 0. The molecule has 38 heavy (non-hydrogen) atoms. The minimum absolute atomic E-state index is 0.154. The molecule has 0 fully saturated rings. The lowest BCUT2D eigenvalue weighted by Crippen LogP contribution is -2.41. The molecule has 0 spiro atoms. The van der Waals surface area contributed by atoms with Gasteiger partial charge in [0, 0.05) is 17.1 Å². The van der Waals surface area contributed by atoms with Gasteiger partial charge in [-0.1, -0.05) is 45.5 Å². The number of anilines is 1. The number of amides is 1. The molecule has 3 aromatic rings. The van der Waals surface area contributed by atoms with Crippen LogP contribution < -0.4 is 29.3 Å². The third-order valence-electron chi connectivity index (χ3n) is 6.57. The number of ether oxygens (including phenoxy) is 3. The van der Waals surface area contributed by atoms with E-state index in [2.05, 4.69) is 20.9 Å². The number of methoxy groups -OCH3 is 2. The Bertz CT molecular complexity index is 1720. The Labute approximate surface area is 230 Å². The van der Waals surface area contributed by atoms with E-state index in [1.54, 1.807) is 33.0 Å². The van der Waals surface area contributed by atoms with Crippen LogP contribution in [0.1, 0.15) is 31.0 Å². The molecular formula is C27H24BrN3O6S. The van der Waals surface area contributed by atoms with Gasteiger partial charge in [-0.2, -0.15) is 0 Å². The van der Waals surface area contributed by atoms with Crippen molar-refractivity contribution in [2.75, 3.05) is 32.8 Å². The number of carbonyl (C=O) groups excluding carboxylic acids is 2. The SMILES string of the molecule is CCOC(=O)C1=C(C)N=c2s/c(=C3\C(=O)N(C)c4ccccc43)c(=O)n2[C@@H]1c1cc(OC)c(OC)cc1Br. The predicted octanol–water partition coefficient (Wildman–Crippen LogP) is 2.92. The van der Waals surface area contributed by atoms with Crippen molar-refractivity contribution in [1.29, 1.82) is 0 Å². The summed E-state index contributed by atoms with van der Waals surface area (Å²) in [7, 11) is 4.71. The van der Waals surface area contributed by atoms with Gasteiger partial charge < -0.3 is 19.1 Å². The molecule has 196 valence electrons. The molecular weight excluding hydrogens is 574 g/mol. The standard InChI is InChI=1S/C27H24BrN3O6S/c1-6-37-26(34)20-13(2)29-27-31(22(20)15-11-18(35-4)19(36-5)12-16(15)28)25(33)23(38-27)21-14-9-7-8-10-17(14)30(3)24(21)32/h7-12,22H,6H2,1-5H3/b23-21-/t22-/m1/s1. The number of likely N-dealkylation sites (N-methyl/N-ethyl adjacent to an activating group) is 1. The molecule has 1 atom stereocenters. The van der Waals surface area contributed by atoms with Crippen LogP contribution >= 0.6 is 27.3 Å². The largest absolute Gasteiger partial charge is 0.493 e. The summed E-state index contributed by atoms with van der Waals surface area (Å²) in [5.74, 6) is 0.0458. The number of aromatic nitrogens is 1. The Morgan fingerprint density at radius 3 is 2.50 bits per heavy atom. The average Bonchev–Trinajstić information content (AvgIpc) is 3.35. The maximum atomic E-state index is 14.1. The molecule has 0 unspecified atom stereocenters. The fraction of sp³-hybridized carbons (Fsp3) is 0.259. The lowest BCUT2D eigenvalue weighted by atomic mass is 9.95. The first-order valence-electron chi connectivity index (χ1n) is 11.7. The van der Waals surface area contributed by atoms with E-state index >= 15 is 0 Å². The van der Waals surface area contributed by atoms with Crippen LogP contribution in [0, 0.1) is 0 Å². The smallest absolute Gasteiger partial charge is 0.338 e. The van der Waals surface area contributed by atoms with Crippen molar-refractivity contribution in [2.24, 2.45) is 4.99 Å². The van der Waals surface area contributed by atoms with E-state index in [-0.39, 0.29) is 22.6 Å². The van der Waals surface area contributed by atoms with Crippen LogP contribution in [0.2, 0.25) is 0 Å². The second kappa shape index (κ2) is 9.88. The molecule has 0 saturated carbocycles. The van der Waals surface area contributed by atoms with Crippen molar-refractivity contribution < 1.29 is 23.8 Å². The van der Waals surface area contributed by atoms with Crippen molar-refractivity contribution in [3.8, 4) is 11.5 Å². The van der Waals surface area contributed by atoms with E-state index in [0.29, 0.717) is 43.2 Å². The molecule has 5 rings (SSSR count). The molecule has 2 aliphatic rings. The van der Waals surface area contributed by atoms with Crippen LogP contribution in [0.3, 0.4) is 0 Å². The van der Waals surface area contributed by atoms with Crippen LogP contribution in [0.5, 0.6) is 11.5 Å². The molecule has 0 aliphatic carbocycles. The zero-order chi connectivity index (χ0) is 27.3. The topological polar surface area (TPSA) is 99.4 Å². The molecule has 2 aliphatic heterocycles. The summed E-state index contributed by atoms with van der Waals surface area (Å²) in [5.41, 5.74) is 2.50. The van der Waals surface area contributed by atoms with E-state index in [9.17, 15) is 14.4 Å². The van der Waals surface area contributed by atoms with Gasteiger partial charge in [0.1, 0.15) is 4.53 Å². The number of carbonyl (C=O) groups is 2. The molecule has 0 radical (unpaired) electrons. The highest BCUT2D eigenvalue weighted by atomic mass is 79.9. The van der Waals surface area contributed by atoms with Crippen molar-refractivity contribution >= 4 is 50.4 Å². The van der Waals surface area contributed by atoms with Crippen LogP contribution in [-0.2, 0) is 14.3 Å². The normalized spacial score (nSPS) is 17.7. The fourth-order valence-electron chi connectivity index (χ4n) is 4.80. The van der Waals surface area contributed by atoms with Gasteiger partial charge in [0.25, 0.3) is 11.5 Å². The second-order valence-corrected chi connectivity index (χ2v) is 10.4. The molecule has 0 bridgehead atoms. The highest BCUT2D eigenvalue weighted by Crippen LogP contribution is 2.41. The van der Waals surface area contributed by atoms with E-state index in [1.165, 1.54) is 23.7 Å². The van der Waals surface area contributed by atoms with Crippen LogP contribution in [-0.4, -0.2) is 44.3 Å². The molecule has 9 nitrogen and oxygen atoms in total. The maximum Gasteiger partial charge on any atom is 0.338 e. The molecule has 1 amide bonds. The first-order chi connectivity index (χ1) is 18.2. The minimum Gasteiger partial charge on any atom is -0.493 e. The summed E-state index contributed by atoms with van der Waals surface area (Å²) < 4.78 is 18.6. The second-order valence-electron chi connectivity index (χ2n) is 8.61. The Balaban J connectivity index is 1.86. The van der Waals surface area contributed by atoms with Crippen molar-refractivity contribution in [2.45, 2.75) is 19.9 Å². The quantitative estimate of drug-likeness (QED) is 0.419. The number of benzene rings is 2. The van der Waals surface area contributed by atoms with Gasteiger partial charge in [-0.05, 0) is 37.6 Å². The number of fused-ring (bicyclic) bond motifs is 2.